The summed E-state index contributed by atoms with van der Waals surface area (Å²) in [6, 6.07) is 15.0. The molecule has 0 radical (unpaired) electrons. The summed E-state index contributed by atoms with van der Waals surface area (Å²) in [6.07, 6.45) is 0.206. The van der Waals surface area contributed by atoms with Crippen molar-refractivity contribution in [3.8, 4) is 11.5 Å². The van der Waals surface area contributed by atoms with Crippen LogP contribution in [0.5, 0.6) is 11.5 Å². The minimum atomic E-state index is -0.647. The van der Waals surface area contributed by atoms with Crippen molar-refractivity contribution < 1.29 is 19.1 Å². The van der Waals surface area contributed by atoms with E-state index in [9.17, 15) is 9.59 Å². The van der Waals surface area contributed by atoms with Crippen LogP contribution in [0.15, 0.2) is 48.5 Å². The van der Waals surface area contributed by atoms with Crippen LogP contribution in [0.25, 0.3) is 0 Å². The smallest absolute Gasteiger partial charge is 0.262 e. The van der Waals surface area contributed by atoms with Crippen LogP contribution in [0, 0.1) is 0 Å². The first-order valence-electron chi connectivity index (χ1n) is 9.78. The third-order valence-corrected chi connectivity index (χ3v) is 4.69. The van der Waals surface area contributed by atoms with Gasteiger partial charge in [0.25, 0.3) is 5.91 Å². The predicted octanol–water partition coefficient (Wildman–Crippen LogP) is 2.11. The van der Waals surface area contributed by atoms with Gasteiger partial charge >= 0.3 is 0 Å². The van der Waals surface area contributed by atoms with Gasteiger partial charge in [0.1, 0.15) is 11.5 Å². The van der Waals surface area contributed by atoms with E-state index in [0.717, 1.165) is 23.4 Å². The molecule has 1 atom stereocenters. The Labute approximate surface area is 171 Å². The normalized spacial score (nSPS) is 15.1. The second kappa shape index (κ2) is 9.82. The van der Waals surface area contributed by atoms with Crippen LogP contribution in [-0.4, -0.2) is 44.7 Å². The number of carbonyl (C=O) groups excluding carboxylic acids is 2. The molecule has 0 spiro atoms. The van der Waals surface area contributed by atoms with E-state index in [1.165, 1.54) is 0 Å². The standard InChI is InChI=1S/C22H27N3O4/c1-3-12-23-22(27)20-14-25(18-6-4-5-7-19(18)29-20)15-21(26)24-13-16-8-10-17(28-2)11-9-16/h4-11,20H,3,12-15H2,1-2H3,(H,23,27)(H,24,26)/t20-/m0/s1. The maximum absolute atomic E-state index is 12.5. The molecule has 0 saturated carbocycles. The number of fused-ring (bicyclic) bond motifs is 1. The zero-order valence-electron chi connectivity index (χ0n) is 16.8. The van der Waals surface area contributed by atoms with Crippen LogP contribution >= 0.6 is 0 Å². The second-order valence-electron chi connectivity index (χ2n) is 6.87. The summed E-state index contributed by atoms with van der Waals surface area (Å²) >= 11 is 0. The number of para-hydroxylation sites is 2. The molecule has 2 aromatic carbocycles. The first-order valence-corrected chi connectivity index (χ1v) is 9.78. The van der Waals surface area contributed by atoms with Crippen molar-refractivity contribution >= 4 is 17.5 Å². The zero-order valence-corrected chi connectivity index (χ0v) is 16.8. The quantitative estimate of drug-likeness (QED) is 0.713. The number of nitrogens with one attached hydrogen (secondary N) is 2. The minimum absolute atomic E-state index is 0.120. The monoisotopic (exact) mass is 397 g/mol. The summed E-state index contributed by atoms with van der Waals surface area (Å²) in [5.41, 5.74) is 1.80. The predicted molar refractivity (Wildman–Crippen MR) is 111 cm³/mol. The Morgan fingerprint density at radius 2 is 1.90 bits per heavy atom. The largest absolute Gasteiger partial charge is 0.497 e. The van der Waals surface area contributed by atoms with E-state index in [2.05, 4.69) is 10.6 Å². The van der Waals surface area contributed by atoms with Gasteiger partial charge in [-0.15, -0.1) is 0 Å². The summed E-state index contributed by atoms with van der Waals surface area (Å²) in [6.45, 7) is 3.49. The highest BCUT2D eigenvalue weighted by molar-refractivity contribution is 5.86. The fraction of sp³-hybridized carbons (Fsp3) is 0.364. The van der Waals surface area contributed by atoms with E-state index in [1.54, 1.807) is 7.11 Å². The van der Waals surface area contributed by atoms with Gasteiger partial charge in [-0.1, -0.05) is 31.2 Å². The molecule has 154 valence electrons. The Morgan fingerprint density at radius 3 is 2.62 bits per heavy atom. The van der Waals surface area contributed by atoms with E-state index in [0.29, 0.717) is 25.4 Å². The fourth-order valence-electron chi connectivity index (χ4n) is 3.13. The first kappa shape index (κ1) is 20.5. The number of carbonyl (C=O) groups is 2. The summed E-state index contributed by atoms with van der Waals surface area (Å²) in [5.74, 6) is 1.10. The van der Waals surface area contributed by atoms with Gasteiger partial charge in [0.05, 0.1) is 25.9 Å². The van der Waals surface area contributed by atoms with Crippen molar-refractivity contribution in [2.45, 2.75) is 26.0 Å². The van der Waals surface area contributed by atoms with E-state index in [-0.39, 0.29) is 18.4 Å². The molecule has 0 saturated heterocycles. The van der Waals surface area contributed by atoms with Crippen molar-refractivity contribution in [2.75, 3.05) is 31.6 Å². The topological polar surface area (TPSA) is 79.9 Å². The molecule has 7 nitrogen and oxygen atoms in total. The molecule has 0 aliphatic carbocycles. The molecule has 2 N–H and O–H groups in total. The number of benzene rings is 2. The van der Waals surface area contributed by atoms with Gasteiger partial charge in [0, 0.05) is 13.1 Å². The molecule has 3 rings (SSSR count). The minimum Gasteiger partial charge on any atom is -0.497 e. The Bertz CT molecular complexity index is 838. The molecule has 2 amide bonds. The second-order valence-corrected chi connectivity index (χ2v) is 6.87. The van der Waals surface area contributed by atoms with Crippen LogP contribution in [0.1, 0.15) is 18.9 Å². The number of rotatable bonds is 8. The molecule has 0 aromatic heterocycles. The maximum atomic E-state index is 12.5. The van der Waals surface area contributed by atoms with Crippen LogP contribution in [0.2, 0.25) is 0 Å². The molecule has 0 unspecified atom stereocenters. The number of methoxy groups -OCH3 is 1. The molecular formula is C22H27N3O4. The van der Waals surface area contributed by atoms with E-state index in [1.807, 2.05) is 60.4 Å². The van der Waals surface area contributed by atoms with E-state index < -0.39 is 6.10 Å². The van der Waals surface area contributed by atoms with Crippen molar-refractivity contribution in [3.05, 3.63) is 54.1 Å². The number of amides is 2. The van der Waals surface area contributed by atoms with Crippen molar-refractivity contribution in [1.29, 1.82) is 0 Å². The molecular weight excluding hydrogens is 370 g/mol. The number of anilines is 1. The molecule has 2 aromatic rings. The number of hydrogen-bond donors (Lipinski definition) is 2. The van der Waals surface area contributed by atoms with Crippen LogP contribution < -0.4 is 25.0 Å². The molecule has 0 fully saturated rings. The maximum Gasteiger partial charge on any atom is 0.262 e. The fourth-order valence-corrected chi connectivity index (χ4v) is 3.13. The Hall–Kier alpha value is -3.22. The number of hydrogen-bond acceptors (Lipinski definition) is 5. The summed E-state index contributed by atoms with van der Waals surface area (Å²) in [7, 11) is 1.62. The highest BCUT2D eigenvalue weighted by Crippen LogP contribution is 2.32. The van der Waals surface area contributed by atoms with Crippen molar-refractivity contribution in [3.63, 3.8) is 0 Å². The average Bonchev–Trinajstić information content (AvgIpc) is 2.76. The lowest BCUT2D eigenvalue weighted by atomic mass is 10.1. The van der Waals surface area contributed by atoms with E-state index in [4.69, 9.17) is 9.47 Å². The van der Waals surface area contributed by atoms with Gasteiger partial charge in [0.15, 0.2) is 6.10 Å². The Kier molecular flexibility index (Phi) is 6.94. The third-order valence-electron chi connectivity index (χ3n) is 4.69. The molecule has 1 aliphatic rings. The molecule has 7 heteroatoms. The summed E-state index contributed by atoms with van der Waals surface area (Å²) < 4.78 is 11.0. The Balaban J connectivity index is 1.62. The SMILES string of the molecule is CCCNC(=O)[C@@H]1CN(CC(=O)NCc2ccc(OC)cc2)c2ccccc2O1. The van der Waals surface area contributed by atoms with Crippen LogP contribution in [0.4, 0.5) is 5.69 Å². The lowest BCUT2D eigenvalue weighted by Gasteiger charge is -2.35. The molecule has 0 bridgehead atoms. The molecule has 29 heavy (non-hydrogen) atoms. The zero-order chi connectivity index (χ0) is 20.6. The van der Waals surface area contributed by atoms with Crippen LogP contribution in [-0.2, 0) is 16.1 Å². The Morgan fingerprint density at radius 1 is 1.14 bits per heavy atom. The molecule has 1 heterocycles. The molecule has 1 aliphatic heterocycles. The van der Waals surface area contributed by atoms with Crippen molar-refractivity contribution in [1.82, 2.24) is 10.6 Å². The number of nitrogens with zero attached hydrogens (tertiary/aromatic N) is 1. The van der Waals surface area contributed by atoms with Gasteiger partial charge in [-0.3, -0.25) is 9.59 Å². The van der Waals surface area contributed by atoms with Crippen molar-refractivity contribution in [2.24, 2.45) is 0 Å². The van der Waals surface area contributed by atoms with Gasteiger partial charge in [-0.2, -0.15) is 0 Å². The lowest BCUT2D eigenvalue weighted by Crippen LogP contribution is -2.51. The van der Waals surface area contributed by atoms with Gasteiger partial charge < -0.3 is 25.0 Å². The van der Waals surface area contributed by atoms with Crippen LogP contribution in [0.3, 0.4) is 0 Å². The van der Waals surface area contributed by atoms with Gasteiger partial charge in [-0.25, -0.2) is 0 Å². The number of ether oxygens (including phenoxy) is 2. The first-order chi connectivity index (χ1) is 14.1. The summed E-state index contributed by atoms with van der Waals surface area (Å²) in [4.78, 5) is 26.8. The van der Waals surface area contributed by atoms with Gasteiger partial charge in [0.2, 0.25) is 5.91 Å². The third kappa shape index (κ3) is 5.40. The highest BCUT2D eigenvalue weighted by atomic mass is 16.5. The van der Waals surface area contributed by atoms with E-state index >= 15 is 0 Å². The highest BCUT2D eigenvalue weighted by Gasteiger charge is 2.31. The summed E-state index contributed by atoms with van der Waals surface area (Å²) in [5, 5.41) is 5.79. The van der Waals surface area contributed by atoms with Gasteiger partial charge in [-0.05, 0) is 36.2 Å². The lowest BCUT2D eigenvalue weighted by molar-refractivity contribution is -0.128. The average molecular weight is 397 g/mol.